The van der Waals surface area contributed by atoms with Gasteiger partial charge in [-0.25, -0.2) is 0 Å². The number of benzene rings is 1. The van der Waals surface area contributed by atoms with Gasteiger partial charge in [-0.2, -0.15) is 0 Å². The molecule has 1 aliphatic rings. The first-order valence-corrected chi connectivity index (χ1v) is 6.51. The molecule has 1 aliphatic carbocycles. The normalized spacial score (nSPS) is 17.0. The summed E-state index contributed by atoms with van der Waals surface area (Å²) < 4.78 is 0. The Hall–Kier alpha value is -1.45. The third kappa shape index (κ3) is 2.52. The van der Waals surface area contributed by atoms with Gasteiger partial charge in [0.25, 0.3) is 0 Å². The highest BCUT2D eigenvalue weighted by Crippen LogP contribution is 2.22. The number of aliphatic hydroxyl groups excluding tert-OH is 1. The third-order valence-electron chi connectivity index (χ3n) is 3.41. The Labute approximate surface area is 107 Å². The molecular formula is C15H18N2O. The van der Waals surface area contributed by atoms with Crippen LogP contribution in [0.3, 0.4) is 0 Å². The minimum atomic E-state index is -0.434. The van der Waals surface area contributed by atoms with Crippen LogP contribution in [0.1, 0.15) is 30.2 Å². The Morgan fingerprint density at radius 3 is 2.94 bits per heavy atom. The molecule has 0 spiro atoms. The Bertz CT molecular complexity index is 563. The van der Waals surface area contributed by atoms with E-state index in [4.69, 9.17) is 0 Å². The van der Waals surface area contributed by atoms with Crippen LogP contribution in [-0.2, 0) is 0 Å². The predicted octanol–water partition coefficient (Wildman–Crippen LogP) is 2.33. The fourth-order valence-electron chi connectivity index (χ4n) is 2.14. The minimum absolute atomic E-state index is 0.434. The summed E-state index contributed by atoms with van der Waals surface area (Å²) in [7, 11) is 0. The van der Waals surface area contributed by atoms with Crippen molar-refractivity contribution >= 4 is 10.9 Å². The van der Waals surface area contributed by atoms with Crippen LogP contribution in [0.25, 0.3) is 10.9 Å². The molecule has 18 heavy (non-hydrogen) atoms. The van der Waals surface area contributed by atoms with Gasteiger partial charge >= 0.3 is 0 Å². The molecule has 2 aromatic rings. The number of hydrogen-bond donors (Lipinski definition) is 2. The Morgan fingerprint density at radius 1 is 1.33 bits per heavy atom. The topological polar surface area (TPSA) is 45.1 Å². The quantitative estimate of drug-likeness (QED) is 0.865. The van der Waals surface area contributed by atoms with Crippen LogP contribution in [0, 0.1) is 6.92 Å². The summed E-state index contributed by atoms with van der Waals surface area (Å²) in [4.78, 5) is 4.46. The fourth-order valence-corrected chi connectivity index (χ4v) is 2.14. The van der Waals surface area contributed by atoms with E-state index in [-0.39, 0.29) is 0 Å². The summed E-state index contributed by atoms with van der Waals surface area (Å²) in [6.45, 7) is 2.62. The molecule has 1 saturated carbocycles. The zero-order valence-electron chi connectivity index (χ0n) is 10.6. The van der Waals surface area contributed by atoms with Gasteiger partial charge in [0, 0.05) is 23.7 Å². The van der Waals surface area contributed by atoms with Gasteiger partial charge in [0.15, 0.2) is 0 Å². The Balaban J connectivity index is 1.80. The van der Waals surface area contributed by atoms with Gasteiger partial charge in [-0.1, -0.05) is 12.1 Å². The molecule has 3 nitrogen and oxygen atoms in total. The van der Waals surface area contributed by atoms with E-state index in [0.29, 0.717) is 12.6 Å². The molecule has 3 heteroatoms. The van der Waals surface area contributed by atoms with Crippen molar-refractivity contribution in [3.05, 3.63) is 41.6 Å². The molecule has 0 amide bonds. The molecule has 0 aliphatic heterocycles. The Kier molecular flexibility index (Phi) is 3.02. The van der Waals surface area contributed by atoms with Gasteiger partial charge in [0.2, 0.25) is 0 Å². The zero-order valence-corrected chi connectivity index (χ0v) is 10.6. The molecule has 0 saturated heterocycles. The largest absolute Gasteiger partial charge is 0.387 e. The minimum Gasteiger partial charge on any atom is -0.387 e. The molecule has 0 bridgehead atoms. The van der Waals surface area contributed by atoms with E-state index < -0.39 is 6.10 Å². The average molecular weight is 242 g/mol. The second-order valence-corrected chi connectivity index (χ2v) is 5.10. The highest BCUT2D eigenvalue weighted by molar-refractivity contribution is 5.79. The van der Waals surface area contributed by atoms with Crippen molar-refractivity contribution in [3.63, 3.8) is 0 Å². The smallest absolute Gasteiger partial charge is 0.0914 e. The SMILES string of the molecule is Cc1ccc2cc(C(O)CNC3CC3)ccc2n1. The summed E-state index contributed by atoms with van der Waals surface area (Å²) in [6.07, 6.45) is 2.05. The summed E-state index contributed by atoms with van der Waals surface area (Å²) in [6, 6.07) is 10.7. The summed E-state index contributed by atoms with van der Waals surface area (Å²) in [5, 5.41) is 14.6. The second kappa shape index (κ2) is 4.67. The summed E-state index contributed by atoms with van der Waals surface area (Å²) >= 11 is 0. The van der Waals surface area contributed by atoms with E-state index in [1.54, 1.807) is 0 Å². The first kappa shape index (κ1) is 11.6. The monoisotopic (exact) mass is 242 g/mol. The van der Waals surface area contributed by atoms with Gasteiger partial charge in [0.05, 0.1) is 11.6 Å². The fraction of sp³-hybridized carbons (Fsp3) is 0.400. The number of aryl methyl sites for hydroxylation is 1. The van der Waals surface area contributed by atoms with Crippen LogP contribution in [0.15, 0.2) is 30.3 Å². The number of hydrogen-bond acceptors (Lipinski definition) is 3. The van der Waals surface area contributed by atoms with Crippen molar-refractivity contribution in [1.82, 2.24) is 10.3 Å². The molecule has 3 rings (SSSR count). The number of aromatic nitrogens is 1. The lowest BCUT2D eigenvalue weighted by molar-refractivity contribution is 0.174. The van der Waals surface area contributed by atoms with Crippen molar-refractivity contribution in [3.8, 4) is 0 Å². The van der Waals surface area contributed by atoms with E-state index in [0.717, 1.165) is 22.2 Å². The summed E-state index contributed by atoms with van der Waals surface area (Å²) in [5.41, 5.74) is 2.97. The standard InChI is InChI=1S/C15H18N2O/c1-10-2-3-11-8-12(4-7-14(11)17-10)15(18)9-16-13-5-6-13/h2-4,7-8,13,15-16,18H,5-6,9H2,1H3. The number of rotatable bonds is 4. The first-order chi connectivity index (χ1) is 8.72. The van der Waals surface area contributed by atoms with Crippen LogP contribution in [0.5, 0.6) is 0 Å². The maximum Gasteiger partial charge on any atom is 0.0914 e. The lowest BCUT2D eigenvalue weighted by atomic mass is 10.1. The van der Waals surface area contributed by atoms with E-state index in [2.05, 4.69) is 16.4 Å². The first-order valence-electron chi connectivity index (χ1n) is 6.51. The van der Waals surface area contributed by atoms with Crippen LogP contribution >= 0.6 is 0 Å². The highest BCUT2D eigenvalue weighted by atomic mass is 16.3. The summed E-state index contributed by atoms with van der Waals surface area (Å²) in [5.74, 6) is 0. The van der Waals surface area contributed by atoms with Crippen molar-refractivity contribution in [1.29, 1.82) is 0 Å². The Morgan fingerprint density at radius 2 is 2.17 bits per heavy atom. The highest BCUT2D eigenvalue weighted by Gasteiger charge is 2.21. The molecular weight excluding hydrogens is 224 g/mol. The van der Waals surface area contributed by atoms with Crippen molar-refractivity contribution in [2.24, 2.45) is 0 Å². The van der Waals surface area contributed by atoms with Gasteiger partial charge in [-0.15, -0.1) is 0 Å². The molecule has 1 atom stereocenters. The van der Waals surface area contributed by atoms with Crippen LogP contribution in [0.4, 0.5) is 0 Å². The molecule has 2 N–H and O–H groups in total. The van der Waals surface area contributed by atoms with Crippen LogP contribution in [0.2, 0.25) is 0 Å². The molecule has 1 fully saturated rings. The van der Waals surface area contributed by atoms with Crippen LogP contribution in [-0.4, -0.2) is 22.7 Å². The predicted molar refractivity (Wildman–Crippen MR) is 72.5 cm³/mol. The zero-order chi connectivity index (χ0) is 12.5. The number of fused-ring (bicyclic) bond motifs is 1. The lowest BCUT2D eigenvalue weighted by Crippen LogP contribution is -2.23. The van der Waals surface area contributed by atoms with Crippen molar-refractivity contribution < 1.29 is 5.11 Å². The second-order valence-electron chi connectivity index (χ2n) is 5.10. The van der Waals surface area contributed by atoms with E-state index in [9.17, 15) is 5.11 Å². The maximum atomic E-state index is 10.1. The van der Waals surface area contributed by atoms with Crippen molar-refractivity contribution in [2.75, 3.05) is 6.54 Å². The molecule has 1 heterocycles. The van der Waals surface area contributed by atoms with E-state index in [1.807, 2.05) is 31.2 Å². The molecule has 1 aromatic carbocycles. The maximum absolute atomic E-state index is 10.1. The average Bonchev–Trinajstić information content (AvgIpc) is 3.19. The van der Waals surface area contributed by atoms with E-state index in [1.165, 1.54) is 12.8 Å². The van der Waals surface area contributed by atoms with Crippen LogP contribution < -0.4 is 5.32 Å². The number of nitrogens with one attached hydrogen (secondary N) is 1. The molecule has 0 radical (unpaired) electrons. The molecule has 1 unspecified atom stereocenters. The molecule has 94 valence electrons. The molecule has 1 aromatic heterocycles. The number of pyridine rings is 1. The van der Waals surface area contributed by atoms with Gasteiger partial charge in [0.1, 0.15) is 0 Å². The number of aliphatic hydroxyl groups is 1. The third-order valence-corrected chi connectivity index (χ3v) is 3.41. The van der Waals surface area contributed by atoms with Gasteiger partial charge in [-0.3, -0.25) is 4.98 Å². The van der Waals surface area contributed by atoms with Crippen molar-refractivity contribution in [2.45, 2.75) is 31.9 Å². The lowest BCUT2D eigenvalue weighted by Gasteiger charge is -2.12. The number of nitrogens with zero attached hydrogens (tertiary/aromatic N) is 1. The van der Waals surface area contributed by atoms with E-state index >= 15 is 0 Å². The van der Waals surface area contributed by atoms with Gasteiger partial charge in [-0.05, 0) is 43.5 Å². The van der Waals surface area contributed by atoms with Gasteiger partial charge < -0.3 is 10.4 Å².